The topological polar surface area (TPSA) is 48.1 Å². The normalized spacial score (nSPS) is 34.5. The van der Waals surface area contributed by atoms with E-state index in [1.54, 1.807) is 0 Å². The molecule has 0 aromatic carbocycles. The first-order valence-electron chi connectivity index (χ1n) is 4.80. The molecule has 0 N–H and O–H groups in total. The number of rotatable bonds is 3. The second kappa shape index (κ2) is 4.65. The van der Waals surface area contributed by atoms with Crippen molar-refractivity contribution in [2.45, 2.75) is 31.5 Å². The molecule has 5 heteroatoms. The molecule has 3 unspecified atom stereocenters. The molecule has 0 amide bonds. The molecule has 0 bridgehead atoms. The molecule has 2 rings (SSSR count). The molecular weight excluding hydrogens is 299 g/mol. The summed E-state index contributed by atoms with van der Waals surface area (Å²) in [4.78, 5) is 10.9. The van der Waals surface area contributed by atoms with Crippen LogP contribution in [0.3, 0.4) is 0 Å². The van der Waals surface area contributed by atoms with Crippen LogP contribution in [0, 0.1) is 5.92 Å². The van der Waals surface area contributed by atoms with Gasteiger partial charge in [0.1, 0.15) is 4.61 Å². The van der Waals surface area contributed by atoms with Gasteiger partial charge in [-0.2, -0.15) is 0 Å². The lowest BCUT2D eigenvalue weighted by molar-refractivity contribution is 0.0539. The number of fused-ring (bicyclic) bond motifs is 1. The summed E-state index contributed by atoms with van der Waals surface area (Å²) in [6.07, 6.45) is 3.63. The highest BCUT2D eigenvalue weighted by Crippen LogP contribution is 2.39. The molecule has 1 saturated heterocycles. The van der Waals surface area contributed by atoms with Gasteiger partial charge in [0.05, 0.1) is 18.8 Å². The van der Waals surface area contributed by atoms with Crippen molar-refractivity contribution in [3.8, 4) is 0 Å². The number of ether oxygens (including phenoxy) is 3. The van der Waals surface area contributed by atoms with Crippen LogP contribution in [0.1, 0.15) is 19.3 Å². The van der Waals surface area contributed by atoms with Crippen LogP contribution in [-0.4, -0.2) is 29.6 Å². The summed E-state index contributed by atoms with van der Waals surface area (Å²) >= 11 is 1.96. The summed E-state index contributed by atoms with van der Waals surface area (Å²) < 4.78 is 15.4. The first-order valence-corrected chi connectivity index (χ1v) is 6.33. The monoisotopic (exact) mass is 312 g/mol. The lowest BCUT2D eigenvalue weighted by atomic mass is 9.90. The number of halogens is 1. The van der Waals surface area contributed by atoms with Gasteiger partial charge in [0.15, 0.2) is 0 Å². The molecule has 14 heavy (non-hydrogen) atoms. The van der Waals surface area contributed by atoms with Gasteiger partial charge in [-0.15, -0.1) is 0 Å². The minimum Gasteiger partial charge on any atom is -0.434 e. The van der Waals surface area contributed by atoms with Crippen molar-refractivity contribution < 1.29 is 19.0 Å². The van der Waals surface area contributed by atoms with Crippen LogP contribution in [0.25, 0.3) is 0 Å². The minimum absolute atomic E-state index is 0.342. The van der Waals surface area contributed by atoms with E-state index >= 15 is 0 Å². The zero-order chi connectivity index (χ0) is 9.97. The van der Waals surface area contributed by atoms with Crippen molar-refractivity contribution in [2.75, 3.05) is 11.2 Å². The minimum atomic E-state index is -0.557. The van der Waals surface area contributed by atoms with Crippen molar-refractivity contribution in [1.82, 2.24) is 0 Å². The van der Waals surface area contributed by atoms with Crippen molar-refractivity contribution in [3.63, 3.8) is 0 Å². The largest absolute Gasteiger partial charge is 0.509 e. The number of carbonyl (C=O) groups excluding carboxylic acids is 1. The zero-order valence-corrected chi connectivity index (χ0v) is 9.94. The van der Waals surface area contributed by atoms with Crippen LogP contribution in [-0.2, 0) is 14.2 Å². The second-order valence-electron chi connectivity index (χ2n) is 3.71. The quantitative estimate of drug-likeness (QED) is 0.347. The van der Waals surface area contributed by atoms with Gasteiger partial charge in [0.2, 0.25) is 0 Å². The number of epoxide rings is 1. The average Bonchev–Trinajstić information content (AvgIpc) is 2.93. The van der Waals surface area contributed by atoms with Gasteiger partial charge >= 0.3 is 6.16 Å². The Morgan fingerprint density at radius 3 is 2.93 bits per heavy atom. The zero-order valence-electron chi connectivity index (χ0n) is 7.78. The lowest BCUT2D eigenvalue weighted by Crippen LogP contribution is -2.20. The average molecular weight is 312 g/mol. The summed E-state index contributed by atoms with van der Waals surface area (Å²) in [6, 6.07) is 0. The predicted molar refractivity (Wildman–Crippen MR) is 57.3 cm³/mol. The van der Waals surface area contributed by atoms with E-state index in [-0.39, 0.29) is 0 Å². The molecular formula is C9H13IO4. The summed E-state index contributed by atoms with van der Waals surface area (Å²) in [5, 5.41) is 0. The van der Waals surface area contributed by atoms with E-state index in [2.05, 4.69) is 4.74 Å². The van der Waals surface area contributed by atoms with Crippen molar-refractivity contribution in [1.29, 1.82) is 0 Å². The molecule has 3 atom stereocenters. The fourth-order valence-corrected chi connectivity index (χ4v) is 2.16. The predicted octanol–water partition coefficient (Wildman–Crippen LogP) is 2.10. The standard InChI is InChI=1S/C9H13IO4/c10-5-13-9(11)12-4-6-1-2-7-8(3-6)14-7/h6-8H,1-5H2. The summed E-state index contributed by atoms with van der Waals surface area (Å²) in [6.45, 7) is 0.474. The molecule has 0 aromatic rings. The van der Waals surface area contributed by atoms with Gasteiger partial charge in [-0.1, -0.05) is 0 Å². The molecule has 2 aliphatic rings. The highest BCUT2D eigenvalue weighted by Gasteiger charge is 2.43. The van der Waals surface area contributed by atoms with Crippen molar-refractivity contribution >= 4 is 28.7 Å². The van der Waals surface area contributed by atoms with E-state index in [1.165, 1.54) is 0 Å². The molecule has 1 heterocycles. The maximum Gasteiger partial charge on any atom is 0.509 e. The van der Waals surface area contributed by atoms with Gasteiger partial charge < -0.3 is 14.2 Å². The Labute approximate surface area is 96.4 Å². The third-order valence-electron chi connectivity index (χ3n) is 2.72. The number of alkyl halides is 1. The molecule has 4 nitrogen and oxygen atoms in total. The van der Waals surface area contributed by atoms with E-state index in [0.717, 1.165) is 19.3 Å². The van der Waals surface area contributed by atoms with E-state index < -0.39 is 6.16 Å². The number of carbonyl (C=O) groups is 1. The fraction of sp³-hybridized carbons (Fsp3) is 0.889. The maximum atomic E-state index is 10.9. The molecule has 0 spiro atoms. The van der Waals surface area contributed by atoms with Crippen LogP contribution in [0.15, 0.2) is 0 Å². The maximum absolute atomic E-state index is 10.9. The van der Waals surface area contributed by atoms with E-state index in [4.69, 9.17) is 9.47 Å². The molecule has 0 radical (unpaired) electrons. The van der Waals surface area contributed by atoms with Crippen LogP contribution in [0.4, 0.5) is 4.79 Å². The molecule has 0 aromatic heterocycles. The smallest absolute Gasteiger partial charge is 0.434 e. The van der Waals surface area contributed by atoms with Crippen LogP contribution in [0.5, 0.6) is 0 Å². The Morgan fingerprint density at radius 1 is 1.36 bits per heavy atom. The Bertz CT molecular complexity index is 221. The second-order valence-corrected chi connectivity index (χ2v) is 4.33. The molecule has 1 saturated carbocycles. The van der Waals surface area contributed by atoms with E-state index in [0.29, 0.717) is 29.3 Å². The number of hydrogen-bond donors (Lipinski definition) is 0. The van der Waals surface area contributed by atoms with Crippen LogP contribution < -0.4 is 0 Å². The summed E-state index contributed by atoms with van der Waals surface area (Å²) in [5.41, 5.74) is 0. The lowest BCUT2D eigenvalue weighted by Gasteiger charge is -2.17. The van der Waals surface area contributed by atoms with Gasteiger partial charge in [-0.3, -0.25) is 0 Å². The Balaban J connectivity index is 1.62. The third-order valence-corrected chi connectivity index (χ3v) is 3.03. The summed E-state index contributed by atoms with van der Waals surface area (Å²) in [5.74, 6) is 0.459. The Kier molecular flexibility index (Phi) is 3.48. The fourth-order valence-electron chi connectivity index (χ4n) is 1.91. The van der Waals surface area contributed by atoms with Gasteiger partial charge in [0, 0.05) is 0 Å². The highest BCUT2D eigenvalue weighted by atomic mass is 127. The highest BCUT2D eigenvalue weighted by molar-refractivity contribution is 14.1. The Hall–Kier alpha value is -0.0400. The molecule has 80 valence electrons. The first-order chi connectivity index (χ1) is 6.79. The van der Waals surface area contributed by atoms with Gasteiger partial charge in [-0.05, 0) is 47.8 Å². The van der Waals surface area contributed by atoms with E-state index in [1.807, 2.05) is 22.6 Å². The molecule has 2 fully saturated rings. The van der Waals surface area contributed by atoms with E-state index in [9.17, 15) is 4.79 Å². The van der Waals surface area contributed by atoms with Gasteiger partial charge in [0.25, 0.3) is 0 Å². The Morgan fingerprint density at radius 2 is 2.21 bits per heavy atom. The molecule has 1 aliphatic heterocycles. The third kappa shape index (κ3) is 2.73. The SMILES string of the molecule is O=C(OCI)OCC1CCC2OC2C1. The van der Waals surface area contributed by atoms with Crippen molar-refractivity contribution in [2.24, 2.45) is 5.92 Å². The first kappa shape index (κ1) is 10.5. The van der Waals surface area contributed by atoms with Crippen LogP contribution in [0.2, 0.25) is 0 Å². The van der Waals surface area contributed by atoms with Crippen molar-refractivity contribution in [3.05, 3.63) is 0 Å². The number of hydrogen-bond acceptors (Lipinski definition) is 4. The van der Waals surface area contributed by atoms with Crippen LogP contribution >= 0.6 is 22.6 Å². The van der Waals surface area contributed by atoms with Gasteiger partial charge in [-0.25, -0.2) is 4.79 Å². The summed E-state index contributed by atoms with van der Waals surface area (Å²) in [7, 11) is 0. The molecule has 1 aliphatic carbocycles.